The van der Waals surface area contributed by atoms with Crippen LogP contribution in [0.25, 0.3) is 0 Å². The van der Waals surface area contributed by atoms with Gasteiger partial charge in [-0.1, -0.05) is 11.6 Å². The van der Waals surface area contributed by atoms with Crippen LogP contribution in [0.4, 0.5) is 0 Å². The van der Waals surface area contributed by atoms with Gasteiger partial charge in [-0.3, -0.25) is 10.3 Å². The van der Waals surface area contributed by atoms with Gasteiger partial charge < -0.3 is 4.57 Å². The number of nitrogens with zero attached hydrogens (tertiary/aromatic N) is 4. The van der Waals surface area contributed by atoms with Crippen LogP contribution in [0.1, 0.15) is 44.0 Å². The third kappa shape index (κ3) is 3.09. The summed E-state index contributed by atoms with van der Waals surface area (Å²) in [6.07, 6.45) is 5.11. The van der Waals surface area contributed by atoms with E-state index < -0.39 is 0 Å². The molecular weight excluding hydrogens is 286 g/mol. The molecule has 2 aromatic heterocycles. The summed E-state index contributed by atoms with van der Waals surface area (Å²) in [6, 6.07) is 3.79. The molecule has 112 valence electrons. The number of aryl methyl sites for hydroxylation is 1. The molecule has 0 atom stereocenters. The third-order valence-corrected chi connectivity index (χ3v) is 4.14. The number of nitrogens with one attached hydrogen (secondary N) is 1. The summed E-state index contributed by atoms with van der Waals surface area (Å²) in [5.74, 6) is 2.11. The zero-order valence-corrected chi connectivity index (χ0v) is 13.2. The van der Waals surface area contributed by atoms with Crippen LogP contribution in [0, 0.1) is 0 Å². The van der Waals surface area contributed by atoms with E-state index in [2.05, 4.69) is 38.9 Å². The highest BCUT2D eigenvalue weighted by Crippen LogP contribution is 2.23. The van der Waals surface area contributed by atoms with E-state index >= 15 is 0 Å². The van der Waals surface area contributed by atoms with Crippen LogP contribution < -0.4 is 5.32 Å². The van der Waals surface area contributed by atoms with E-state index in [0.29, 0.717) is 11.6 Å². The molecular formula is C15H20ClN5. The van der Waals surface area contributed by atoms with Gasteiger partial charge in [0.25, 0.3) is 0 Å². The second kappa shape index (κ2) is 5.73. The summed E-state index contributed by atoms with van der Waals surface area (Å²) in [4.78, 5) is 4.31. The number of rotatable bonds is 4. The molecule has 3 rings (SSSR count). The number of hydrogen-bond acceptors (Lipinski definition) is 4. The molecule has 1 aliphatic rings. The smallest absolute Gasteiger partial charge is 0.152 e. The van der Waals surface area contributed by atoms with Crippen LogP contribution in [0.15, 0.2) is 18.3 Å². The molecule has 0 fully saturated rings. The van der Waals surface area contributed by atoms with Gasteiger partial charge in [0.05, 0.1) is 16.3 Å². The lowest BCUT2D eigenvalue weighted by Crippen LogP contribution is -2.39. The van der Waals surface area contributed by atoms with Crippen LogP contribution in [0.2, 0.25) is 5.02 Å². The van der Waals surface area contributed by atoms with Crippen molar-refractivity contribution >= 4 is 11.6 Å². The van der Waals surface area contributed by atoms with Gasteiger partial charge in [0, 0.05) is 25.7 Å². The van der Waals surface area contributed by atoms with E-state index in [-0.39, 0.29) is 5.54 Å². The van der Waals surface area contributed by atoms with Gasteiger partial charge in [-0.15, -0.1) is 10.2 Å². The fourth-order valence-corrected chi connectivity index (χ4v) is 2.78. The molecule has 0 unspecified atom stereocenters. The van der Waals surface area contributed by atoms with Gasteiger partial charge in [-0.05, 0) is 38.8 Å². The van der Waals surface area contributed by atoms with Crippen LogP contribution in [0.5, 0.6) is 0 Å². The van der Waals surface area contributed by atoms with E-state index in [9.17, 15) is 0 Å². The van der Waals surface area contributed by atoms with Crippen LogP contribution in [-0.4, -0.2) is 19.7 Å². The Bertz CT molecular complexity index is 617. The van der Waals surface area contributed by atoms with Crippen molar-refractivity contribution in [2.24, 2.45) is 0 Å². The Hall–Kier alpha value is -1.46. The first-order valence-electron chi connectivity index (χ1n) is 7.34. The van der Waals surface area contributed by atoms with Gasteiger partial charge in [-0.25, -0.2) is 0 Å². The first kappa shape index (κ1) is 14.5. The second-order valence-electron chi connectivity index (χ2n) is 5.99. The summed E-state index contributed by atoms with van der Waals surface area (Å²) >= 11 is 5.86. The average Bonchev–Trinajstić information content (AvgIpc) is 2.91. The summed E-state index contributed by atoms with van der Waals surface area (Å²) in [5, 5.41) is 12.9. The molecule has 0 saturated heterocycles. The molecule has 2 aromatic rings. The van der Waals surface area contributed by atoms with Gasteiger partial charge in [-0.2, -0.15) is 0 Å². The molecule has 5 nitrogen and oxygen atoms in total. The number of fused-ring (bicyclic) bond motifs is 1. The Morgan fingerprint density at radius 1 is 1.29 bits per heavy atom. The van der Waals surface area contributed by atoms with Crippen molar-refractivity contribution in [3.05, 3.63) is 40.7 Å². The summed E-state index contributed by atoms with van der Waals surface area (Å²) in [7, 11) is 0. The molecule has 0 aromatic carbocycles. The van der Waals surface area contributed by atoms with Gasteiger partial charge in [0.1, 0.15) is 5.82 Å². The molecule has 0 amide bonds. The number of pyridine rings is 1. The fraction of sp³-hybridized carbons (Fsp3) is 0.533. The second-order valence-corrected chi connectivity index (χ2v) is 6.43. The molecule has 1 aliphatic heterocycles. The molecule has 0 bridgehead atoms. The summed E-state index contributed by atoms with van der Waals surface area (Å²) < 4.78 is 2.26. The fourth-order valence-electron chi connectivity index (χ4n) is 2.67. The average molecular weight is 306 g/mol. The lowest BCUT2D eigenvalue weighted by molar-refractivity contribution is 0.349. The van der Waals surface area contributed by atoms with Gasteiger partial charge in [0.15, 0.2) is 5.82 Å². The van der Waals surface area contributed by atoms with Crippen molar-refractivity contribution in [1.82, 2.24) is 25.1 Å². The Balaban J connectivity index is 1.74. The summed E-state index contributed by atoms with van der Waals surface area (Å²) in [6.45, 7) is 5.96. The molecule has 0 aliphatic carbocycles. The Labute approximate surface area is 129 Å². The summed E-state index contributed by atoms with van der Waals surface area (Å²) in [5.41, 5.74) is 0.718. The Morgan fingerprint density at radius 3 is 2.90 bits per heavy atom. The lowest BCUT2D eigenvalue weighted by atomic mass is 10.0. The van der Waals surface area contributed by atoms with Crippen LogP contribution >= 0.6 is 11.6 Å². The normalized spacial score (nSPS) is 15.0. The van der Waals surface area contributed by atoms with Crippen molar-refractivity contribution in [3.63, 3.8) is 0 Å². The monoisotopic (exact) mass is 305 g/mol. The zero-order valence-electron chi connectivity index (χ0n) is 12.4. The first-order chi connectivity index (χ1) is 10.1. The quantitative estimate of drug-likeness (QED) is 0.943. The highest BCUT2D eigenvalue weighted by atomic mass is 35.5. The molecule has 0 saturated carbocycles. The van der Waals surface area contributed by atoms with Gasteiger partial charge >= 0.3 is 0 Å². The minimum absolute atomic E-state index is 0.246. The maximum absolute atomic E-state index is 5.86. The minimum atomic E-state index is -0.246. The predicted molar refractivity (Wildman–Crippen MR) is 82.1 cm³/mol. The van der Waals surface area contributed by atoms with Crippen molar-refractivity contribution in [2.45, 2.75) is 51.7 Å². The molecule has 1 N–H and O–H groups in total. The van der Waals surface area contributed by atoms with Gasteiger partial charge in [0.2, 0.25) is 0 Å². The Kier molecular flexibility index (Phi) is 3.95. The van der Waals surface area contributed by atoms with Crippen molar-refractivity contribution in [1.29, 1.82) is 0 Å². The van der Waals surface area contributed by atoms with E-state index in [1.807, 2.05) is 12.1 Å². The zero-order chi connectivity index (χ0) is 14.9. The minimum Gasteiger partial charge on any atom is -0.313 e. The number of halogens is 1. The highest BCUT2D eigenvalue weighted by Gasteiger charge is 2.29. The van der Waals surface area contributed by atoms with Crippen molar-refractivity contribution in [2.75, 3.05) is 0 Å². The number of aromatic nitrogens is 4. The molecule has 0 spiro atoms. The lowest BCUT2D eigenvalue weighted by Gasteiger charge is -2.27. The standard InChI is InChI=1S/C15H20ClN5/c1-15(2,18-10-12-7-6-11(16)9-17-12)14-20-19-13-5-3-4-8-21(13)14/h6-7,9,18H,3-5,8,10H2,1-2H3. The maximum Gasteiger partial charge on any atom is 0.152 e. The maximum atomic E-state index is 5.86. The largest absolute Gasteiger partial charge is 0.313 e. The van der Waals surface area contributed by atoms with E-state index in [0.717, 1.165) is 30.3 Å². The van der Waals surface area contributed by atoms with E-state index in [1.54, 1.807) is 6.20 Å². The van der Waals surface area contributed by atoms with E-state index in [1.165, 1.54) is 12.8 Å². The van der Waals surface area contributed by atoms with Crippen LogP contribution in [0.3, 0.4) is 0 Å². The Morgan fingerprint density at radius 2 is 2.14 bits per heavy atom. The predicted octanol–water partition coefficient (Wildman–Crippen LogP) is 2.69. The van der Waals surface area contributed by atoms with Crippen LogP contribution in [-0.2, 0) is 25.0 Å². The van der Waals surface area contributed by atoms with Crippen molar-refractivity contribution < 1.29 is 0 Å². The highest BCUT2D eigenvalue weighted by molar-refractivity contribution is 6.30. The van der Waals surface area contributed by atoms with E-state index in [4.69, 9.17) is 11.6 Å². The first-order valence-corrected chi connectivity index (χ1v) is 7.72. The number of hydrogen-bond donors (Lipinski definition) is 1. The third-order valence-electron chi connectivity index (χ3n) is 3.92. The van der Waals surface area contributed by atoms with Crippen molar-refractivity contribution in [3.8, 4) is 0 Å². The topological polar surface area (TPSA) is 55.6 Å². The SMILES string of the molecule is CC(C)(NCc1ccc(Cl)cn1)c1nnc2n1CCCC2. The molecule has 6 heteroatoms. The molecule has 3 heterocycles. The molecule has 21 heavy (non-hydrogen) atoms. The molecule has 0 radical (unpaired) electrons.